The van der Waals surface area contributed by atoms with Gasteiger partial charge in [-0.15, -0.1) is 0 Å². The average molecular weight is 480 g/mol. The van der Waals surface area contributed by atoms with Crippen LogP contribution in [0.5, 0.6) is 11.5 Å². The number of benzene rings is 2. The molecule has 3 amide bonds. The van der Waals surface area contributed by atoms with Crippen molar-refractivity contribution in [2.45, 2.75) is 25.5 Å². The van der Waals surface area contributed by atoms with Gasteiger partial charge in [0.15, 0.2) is 11.5 Å². The molecule has 0 unspecified atom stereocenters. The molecule has 1 N–H and O–H groups in total. The highest BCUT2D eigenvalue weighted by molar-refractivity contribution is 14.1. The molecule has 142 valence electrons. The monoisotopic (exact) mass is 480 g/mol. The van der Waals surface area contributed by atoms with Gasteiger partial charge in [0.05, 0.1) is 12.7 Å². The molecule has 0 bridgehead atoms. The molecule has 3 rings (SSSR count). The molecule has 0 saturated heterocycles. The van der Waals surface area contributed by atoms with Crippen LogP contribution in [0, 0.1) is 3.57 Å². The fraction of sp³-hybridized carbons (Fsp3) is 0.300. The quantitative estimate of drug-likeness (QED) is 0.639. The highest BCUT2D eigenvalue weighted by Crippen LogP contribution is 2.33. The Balaban J connectivity index is 1.79. The topological polar surface area (TPSA) is 67.9 Å². The largest absolute Gasteiger partial charge is 0.493 e. The maximum Gasteiger partial charge on any atom is 0.324 e. The third-order valence-corrected chi connectivity index (χ3v) is 5.13. The van der Waals surface area contributed by atoms with Crippen molar-refractivity contribution in [3.8, 4) is 11.5 Å². The van der Waals surface area contributed by atoms with Crippen LogP contribution in [0.2, 0.25) is 0 Å². The van der Waals surface area contributed by atoms with Gasteiger partial charge in [0.25, 0.3) is 5.91 Å². The van der Waals surface area contributed by atoms with Crippen molar-refractivity contribution in [3.63, 3.8) is 0 Å². The number of amides is 3. The smallest absolute Gasteiger partial charge is 0.324 e. The van der Waals surface area contributed by atoms with Crippen molar-refractivity contribution < 1.29 is 19.1 Å². The van der Waals surface area contributed by atoms with E-state index in [1.807, 2.05) is 30.3 Å². The fourth-order valence-electron chi connectivity index (χ4n) is 2.48. The molecule has 27 heavy (non-hydrogen) atoms. The van der Waals surface area contributed by atoms with Gasteiger partial charge in [-0.05, 0) is 53.1 Å². The molecule has 0 heterocycles. The zero-order chi connectivity index (χ0) is 19.4. The van der Waals surface area contributed by atoms with Crippen molar-refractivity contribution in [1.82, 2.24) is 10.2 Å². The molecule has 1 fully saturated rings. The van der Waals surface area contributed by atoms with Crippen LogP contribution in [0.3, 0.4) is 0 Å². The highest BCUT2D eigenvalue weighted by atomic mass is 127. The lowest BCUT2D eigenvalue weighted by Crippen LogP contribution is -2.42. The normalized spacial score (nSPS) is 13.0. The van der Waals surface area contributed by atoms with Crippen molar-refractivity contribution in [3.05, 3.63) is 57.2 Å². The Morgan fingerprint density at radius 3 is 2.52 bits per heavy atom. The van der Waals surface area contributed by atoms with Crippen LogP contribution in [-0.4, -0.2) is 37.0 Å². The Labute approximate surface area is 172 Å². The lowest BCUT2D eigenvalue weighted by Gasteiger charge is -2.19. The number of halogens is 1. The zero-order valence-corrected chi connectivity index (χ0v) is 17.4. The molecule has 1 aliphatic carbocycles. The minimum atomic E-state index is -0.388. The molecule has 2 aromatic rings. The summed E-state index contributed by atoms with van der Waals surface area (Å²) in [4.78, 5) is 26.1. The van der Waals surface area contributed by atoms with Gasteiger partial charge in [0, 0.05) is 16.7 Å². The zero-order valence-electron chi connectivity index (χ0n) is 15.2. The van der Waals surface area contributed by atoms with E-state index in [1.54, 1.807) is 19.2 Å². The Hall–Kier alpha value is -2.29. The summed E-state index contributed by atoms with van der Waals surface area (Å²) in [6, 6.07) is 12.9. The van der Waals surface area contributed by atoms with E-state index in [0.29, 0.717) is 27.2 Å². The second-order valence-corrected chi connectivity index (χ2v) is 7.51. The summed E-state index contributed by atoms with van der Waals surface area (Å²) < 4.78 is 11.9. The van der Waals surface area contributed by atoms with Crippen LogP contribution in [0.15, 0.2) is 42.5 Å². The molecule has 2 aromatic carbocycles. The molecule has 7 heteroatoms. The van der Waals surface area contributed by atoms with Gasteiger partial charge in [-0.1, -0.05) is 30.3 Å². The molecule has 6 nitrogen and oxygen atoms in total. The average Bonchev–Trinajstić information content (AvgIpc) is 3.50. The molecule has 1 saturated carbocycles. The van der Waals surface area contributed by atoms with Crippen LogP contribution in [0.25, 0.3) is 0 Å². The summed E-state index contributed by atoms with van der Waals surface area (Å²) in [5, 5.41) is 2.82. The van der Waals surface area contributed by atoms with Crippen LogP contribution in [0.1, 0.15) is 28.8 Å². The van der Waals surface area contributed by atoms with E-state index in [-0.39, 0.29) is 18.0 Å². The summed E-state index contributed by atoms with van der Waals surface area (Å²) in [6.07, 6.45) is 1.93. The second kappa shape index (κ2) is 8.60. The third kappa shape index (κ3) is 4.91. The summed E-state index contributed by atoms with van der Waals surface area (Å²) in [6.45, 7) is 0.351. The molecule has 0 aromatic heterocycles. The number of carbonyl (C=O) groups excluding carboxylic acids is 2. The maximum atomic E-state index is 12.8. The van der Waals surface area contributed by atoms with Crippen molar-refractivity contribution in [1.29, 1.82) is 0 Å². The number of rotatable bonds is 6. The predicted octanol–water partition coefficient (Wildman–Crippen LogP) is 3.82. The van der Waals surface area contributed by atoms with E-state index < -0.39 is 0 Å². The van der Waals surface area contributed by atoms with E-state index >= 15 is 0 Å². The SMILES string of the molecule is COc1cc(I)c(C(=O)N(C)C(=O)NC2CC2)cc1OCc1ccccc1. The van der Waals surface area contributed by atoms with E-state index in [1.165, 1.54) is 7.05 Å². The van der Waals surface area contributed by atoms with E-state index in [9.17, 15) is 9.59 Å². The summed E-state index contributed by atoms with van der Waals surface area (Å²) in [5.74, 6) is 0.614. The number of nitrogens with zero attached hydrogens (tertiary/aromatic N) is 1. The number of ether oxygens (including phenoxy) is 2. The first kappa shape index (κ1) is 19.5. The Bertz CT molecular complexity index is 837. The van der Waals surface area contributed by atoms with Crippen molar-refractivity contribution in [2.24, 2.45) is 0 Å². The van der Waals surface area contributed by atoms with Gasteiger partial charge >= 0.3 is 6.03 Å². The minimum absolute atomic E-state index is 0.187. The molecular weight excluding hydrogens is 459 g/mol. The number of hydrogen-bond acceptors (Lipinski definition) is 4. The highest BCUT2D eigenvalue weighted by Gasteiger charge is 2.28. The lowest BCUT2D eigenvalue weighted by atomic mass is 10.1. The van der Waals surface area contributed by atoms with Crippen molar-refractivity contribution >= 4 is 34.5 Å². The molecule has 0 radical (unpaired) electrons. The fourth-order valence-corrected chi connectivity index (χ4v) is 3.15. The van der Waals surface area contributed by atoms with Gasteiger partial charge in [-0.25, -0.2) is 4.79 Å². The van der Waals surface area contributed by atoms with Crippen LogP contribution in [0.4, 0.5) is 4.79 Å². The molecule has 0 aliphatic heterocycles. The van der Waals surface area contributed by atoms with Gasteiger partial charge in [-0.2, -0.15) is 0 Å². The van der Waals surface area contributed by atoms with Gasteiger partial charge in [0.1, 0.15) is 6.61 Å². The summed E-state index contributed by atoms with van der Waals surface area (Å²) >= 11 is 2.06. The van der Waals surface area contributed by atoms with Gasteiger partial charge in [0.2, 0.25) is 0 Å². The molecule has 0 spiro atoms. The molecule has 1 aliphatic rings. The number of carbonyl (C=O) groups is 2. The van der Waals surface area contributed by atoms with Crippen LogP contribution in [-0.2, 0) is 6.61 Å². The number of hydrogen-bond donors (Lipinski definition) is 1. The van der Waals surface area contributed by atoms with Crippen molar-refractivity contribution in [2.75, 3.05) is 14.2 Å². The van der Waals surface area contributed by atoms with Gasteiger partial charge in [-0.3, -0.25) is 9.69 Å². The standard InChI is InChI=1S/C20H21IN2O4/c1-23(20(25)22-14-8-9-14)19(24)15-10-18(17(26-2)11-16(15)21)27-12-13-6-4-3-5-7-13/h3-7,10-11,14H,8-9,12H2,1-2H3,(H,22,25). The van der Waals surface area contributed by atoms with E-state index in [0.717, 1.165) is 23.3 Å². The first-order chi connectivity index (χ1) is 13.0. The lowest BCUT2D eigenvalue weighted by molar-refractivity contribution is 0.0829. The third-order valence-electron chi connectivity index (χ3n) is 4.24. The van der Waals surface area contributed by atoms with Gasteiger partial charge < -0.3 is 14.8 Å². The minimum Gasteiger partial charge on any atom is -0.493 e. The predicted molar refractivity (Wildman–Crippen MR) is 110 cm³/mol. The number of imide groups is 1. The number of methoxy groups -OCH3 is 1. The Kier molecular flexibility index (Phi) is 6.20. The first-order valence-corrected chi connectivity index (χ1v) is 9.70. The van der Waals surface area contributed by atoms with E-state index in [2.05, 4.69) is 27.9 Å². The van der Waals surface area contributed by atoms with Crippen LogP contribution >= 0.6 is 22.6 Å². The van der Waals surface area contributed by atoms with Crippen LogP contribution < -0.4 is 14.8 Å². The Morgan fingerprint density at radius 2 is 1.89 bits per heavy atom. The first-order valence-electron chi connectivity index (χ1n) is 8.62. The summed E-state index contributed by atoms with van der Waals surface area (Å²) in [7, 11) is 3.03. The Morgan fingerprint density at radius 1 is 1.19 bits per heavy atom. The second-order valence-electron chi connectivity index (χ2n) is 6.35. The molecular formula is C20H21IN2O4. The van der Waals surface area contributed by atoms with E-state index in [4.69, 9.17) is 9.47 Å². The summed E-state index contributed by atoms with van der Waals surface area (Å²) in [5.41, 5.74) is 1.40. The number of urea groups is 1. The molecule has 0 atom stereocenters. The maximum absolute atomic E-state index is 12.8. The number of nitrogens with one attached hydrogen (secondary N) is 1.